The molecule has 1 unspecified atom stereocenters. The lowest BCUT2D eigenvalue weighted by molar-refractivity contribution is 0.0766. The molecule has 2 atom stereocenters. The van der Waals surface area contributed by atoms with Gasteiger partial charge in [-0.3, -0.25) is 4.98 Å². The van der Waals surface area contributed by atoms with E-state index in [1.54, 1.807) is 6.20 Å². The lowest BCUT2D eigenvalue weighted by Gasteiger charge is -2.43. The Balaban J connectivity index is 1.89. The Hall–Kier alpha value is -1.47. The van der Waals surface area contributed by atoms with Crippen LogP contribution in [0.5, 0.6) is 0 Å². The molecule has 1 saturated heterocycles. The third-order valence-electron chi connectivity index (χ3n) is 5.18. The minimum Gasteiger partial charge on any atom is -0.465 e. The fraction of sp³-hybridized carbons (Fsp3) is 0.647. The number of rotatable bonds is 2. The average molecular weight is 351 g/mol. The van der Waals surface area contributed by atoms with Gasteiger partial charge in [0.2, 0.25) is 0 Å². The highest BCUT2D eigenvalue weighted by molar-refractivity contribution is 7.84. The molecule has 6 nitrogen and oxygen atoms in total. The summed E-state index contributed by atoms with van der Waals surface area (Å²) >= 11 is 0. The van der Waals surface area contributed by atoms with E-state index in [0.29, 0.717) is 13.1 Å². The summed E-state index contributed by atoms with van der Waals surface area (Å²) in [5.74, 6) is 0. The van der Waals surface area contributed by atoms with Gasteiger partial charge in [-0.05, 0) is 57.1 Å². The van der Waals surface area contributed by atoms with Crippen LogP contribution in [-0.2, 0) is 17.4 Å². The monoisotopic (exact) mass is 351 g/mol. The number of aromatic nitrogens is 1. The van der Waals surface area contributed by atoms with Crippen molar-refractivity contribution in [3.63, 3.8) is 0 Å². The first kappa shape index (κ1) is 17.4. The highest BCUT2D eigenvalue weighted by Gasteiger charge is 2.49. The van der Waals surface area contributed by atoms with Crippen LogP contribution in [0.25, 0.3) is 0 Å². The number of carbonyl (C=O) groups is 1. The Labute approximate surface area is 145 Å². The topological polar surface area (TPSA) is 82.5 Å². The molecule has 1 amide bonds. The van der Waals surface area contributed by atoms with E-state index in [1.165, 1.54) is 4.90 Å². The van der Waals surface area contributed by atoms with Crippen LogP contribution in [0.1, 0.15) is 50.9 Å². The number of likely N-dealkylation sites (tertiary alicyclic amines) is 1. The first-order chi connectivity index (χ1) is 11.2. The smallest absolute Gasteiger partial charge is 0.407 e. The van der Waals surface area contributed by atoms with Gasteiger partial charge in [-0.2, -0.15) is 0 Å². The van der Waals surface area contributed by atoms with Crippen molar-refractivity contribution in [2.75, 3.05) is 13.1 Å². The lowest BCUT2D eigenvalue weighted by atomic mass is 9.73. The minimum absolute atomic E-state index is 0.0443. The third-order valence-corrected chi connectivity index (χ3v) is 6.74. The Bertz CT molecular complexity index is 663. The van der Waals surface area contributed by atoms with Gasteiger partial charge in [-0.25, -0.2) is 13.7 Å². The van der Waals surface area contributed by atoms with E-state index < -0.39 is 17.1 Å². The molecule has 3 rings (SSSR count). The van der Waals surface area contributed by atoms with E-state index >= 15 is 0 Å². The van der Waals surface area contributed by atoms with Crippen LogP contribution >= 0.6 is 0 Å². The number of hydrogen-bond donors (Lipinski definition) is 2. The van der Waals surface area contributed by atoms with Gasteiger partial charge in [0.1, 0.15) is 0 Å². The van der Waals surface area contributed by atoms with Gasteiger partial charge in [-0.1, -0.05) is 6.07 Å². The van der Waals surface area contributed by atoms with E-state index in [0.717, 1.165) is 30.5 Å². The minimum atomic E-state index is -1.19. The molecule has 2 heterocycles. The summed E-state index contributed by atoms with van der Waals surface area (Å²) in [7, 11) is -1.19. The Morgan fingerprint density at radius 3 is 2.67 bits per heavy atom. The molecular weight excluding hydrogens is 326 g/mol. The van der Waals surface area contributed by atoms with Crippen LogP contribution in [0, 0.1) is 5.41 Å². The lowest BCUT2D eigenvalue weighted by Crippen LogP contribution is -2.48. The number of hydrogen-bond acceptors (Lipinski definition) is 3. The number of nitrogens with zero attached hydrogens (tertiary/aromatic N) is 2. The second-order valence-electron chi connectivity index (χ2n) is 7.78. The summed E-state index contributed by atoms with van der Waals surface area (Å²) in [6, 6.07) is 3.93. The summed E-state index contributed by atoms with van der Waals surface area (Å²) in [6.45, 7) is 6.89. The Morgan fingerprint density at radius 1 is 1.42 bits per heavy atom. The molecule has 0 radical (unpaired) electrons. The molecule has 2 N–H and O–H groups in total. The molecular formula is C17H25N3O3S. The summed E-state index contributed by atoms with van der Waals surface area (Å²) in [5, 5.41) is 9.21. The molecule has 1 aliphatic carbocycles. The average Bonchev–Trinajstić information content (AvgIpc) is 2.80. The maximum absolute atomic E-state index is 12.7. The second-order valence-corrected chi connectivity index (χ2v) is 9.78. The zero-order chi connectivity index (χ0) is 17.5. The van der Waals surface area contributed by atoms with Crippen molar-refractivity contribution >= 4 is 17.1 Å². The van der Waals surface area contributed by atoms with E-state index in [9.17, 15) is 14.1 Å². The molecule has 0 bridgehead atoms. The van der Waals surface area contributed by atoms with Gasteiger partial charge in [0.05, 0.1) is 21.8 Å². The van der Waals surface area contributed by atoms with Crippen molar-refractivity contribution in [2.24, 2.45) is 5.41 Å². The number of nitrogens with one attached hydrogen (secondary N) is 1. The third kappa shape index (κ3) is 3.07. The van der Waals surface area contributed by atoms with Crippen LogP contribution in [-0.4, -0.2) is 43.1 Å². The molecule has 1 fully saturated rings. The maximum Gasteiger partial charge on any atom is 0.407 e. The van der Waals surface area contributed by atoms with Crippen LogP contribution in [0.3, 0.4) is 0 Å². The Kier molecular flexibility index (Phi) is 4.42. The fourth-order valence-electron chi connectivity index (χ4n) is 3.71. The molecule has 24 heavy (non-hydrogen) atoms. The molecule has 1 spiro atoms. The summed E-state index contributed by atoms with van der Waals surface area (Å²) < 4.78 is 15.7. The van der Waals surface area contributed by atoms with Crippen molar-refractivity contribution in [1.29, 1.82) is 0 Å². The molecule has 0 saturated carbocycles. The van der Waals surface area contributed by atoms with Crippen molar-refractivity contribution < 1.29 is 14.1 Å². The van der Waals surface area contributed by atoms with Gasteiger partial charge in [0.25, 0.3) is 0 Å². The predicted octanol–water partition coefficient (Wildman–Crippen LogP) is 2.49. The quantitative estimate of drug-likeness (QED) is 0.857. The summed E-state index contributed by atoms with van der Waals surface area (Å²) in [5.41, 5.74) is 2.05. The fourth-order valence-corrected chi connectivity index (χ4v) is 4.65. The molecule has 2 aliphatic rings. The molecule has 1 aromatic rings. The van der Waals surface area contributed by atoms with Gasteiger partial charge in [-0.15, -0.1) is 0 Å². The van der Waals surface area contributed by atoms with Gasteiger partial charge < -0.3 is 10.0 Å². The van der Waals surface area contributed by atoms with Crippen LogP contribution in [0.2, 0.25) is 0 Å². The first-order valence-corrected chi connectivity index (χ1v) is 9.48. The van der Waals surface area contributed by atoms with Crippen molar-refractivity contribution in [3.8, 4) is 0 Å². The van der Waals surface area contributed by atoms with Gasteiger partial charge in [0.15, 0.2) is 0 Å². The maximum atomic E-state index is 12.7. The molecule has 132 valence electrons. The van der Waals surface area contributed by atoms with Crippen molar-refractivity contribution in [2.45, 2.75) is 50.8 Å². The zero-order valence-corrected chi connectivity index (χ0v) is 15.2. The van der Waals surface area contributed by atoms with E-state index in [1.807, 2.05) is 26.8 Å². The summed E-state index contributed by atoms with van der Waals surface area (Å²) in [6.07, 6.45) is 3.27. The molecule has 0 aromatic carbocycles. The largest absolute Gasteiger partial charge is 0.465 e. The van der Waals surface area contributed by atoms with Crippen LogP contribution < -0.4 is 4.72 Å². The number of amides is 1. The van der Waals surface area contributed by atoms with Crippen molar-refractivity contribution in [3.05, 3.63) is 29.6 Å². The zero-order valence-electron chi connectivity index (χ0n) is 14.4. The number of piperidine rings is 1. The first-order valence-electron chi connectivity index (χ1n) is 8.33. The van der Waals surface area contributed by atoms with Crippen LogP contribution in [0.15, 0.2) is 18.3 Å². The van der Waals surface area contributed by atoms with Gasteiger partial charge >= 0.3 is 6.09 Å². The number of carboxylic acid groups (broad SMARTS) is 1. The molecule has 1 aliphatic heterocycles. The SMILES string of the molecule is CC(C)(C)S(=O)N[C@@H]1c2cccnc2CC12CCN(C(=O)O)CC2. The highest BCUT2D eigenvalue weighted by atomic mass is 32.2. The Morgan fingerprint density at radius 2 is 2.08 bits per heavy atom. The standard InChI is InChI=1S/C17H25N3O3S/c1-16(2,3)24(23)19-14-12-5-4-8-18-13(12)11-17(14)6-9-20(10-7-17)15(21)22/h4-5,8,14,19H,6-7,9-11H2,1-3H3,(H,21,22)/t14-,24?/m1/s1. The highest BCUT2D eigenvalue weighted by Crippen LogP contribution is 2.51. The van der Waals surface area contributed by atoms with Crippen LogP contribution in [0.4, 0.5) is 4.79 Å². The number of fused-ring (bicyclic) bond motifs is 1. The second kappa shape index (κ2) is 6.11. The van der Waals surface area contributed by atoms with E-state index in [2.05, 4.69) is 15.8 Å². The normalized spacial score (nSPS) is 24.0. The molecule has 7 heteroatoms. The van der Waals surface area contributed by atoms with E-state index in [4.69, 9.17) is 0 Å². The molecule has 1 aromatic heterocycles. The van der Waals surface area contributed by atoms with Crippen molar-refractivity contribution in [1.82, 2.24) is 14.6 Å². The summed E-state index contributed by atoms with van der Waals surface area (Å²) in [4.78, 5) is 17.2. The van der Waals surface area contributed by atoms with E-state index in [-0.39, 0.29) is 16.2 Å². The van der Waals surface area contributed by atoms with Gasteiger partial charge in [0, 0.05) is 25.0 Å². The number of pyridine rings is 1. The predicted molar refractivity (Wildman–Crippen MR) is 93.0 cm³/mol.